The van der Waals surface area contributed by atoms with Crippen molar-refractivity contribution in [2.75, 3.05) is 47.4 Å². The molecular formula is C83H93F13N16O10. The van der Waals surface area contributed by atoms with E-state index >= 15 is 17.6 Å². The molecule has 6 amide bonds. The number of allylic oxidation sites excluding steroid dienone is 2. The quantitative estimate of drug-likeness (QED) is 0.0329. The summed E-state index contributed by atoms with van der Waals surface area (Å²) < 4.78 is 199. The Balaban J connectivity index is 0.000000159. The highest BCUT2D eigenvalue weighted by Crippen LogP contribution is 2.49. The molecule has 4 aromatic heterocycles. The van der Waals surface area contributed by atoms with Crippen LogP contribution in [0.2, 0.25) is 0 Å². The van der Waals surface area contributed by atoms with E-state index in [2.05, 4.69) is 54.8 Å². The van der Waals surface area contributed by atoms with E-state index in [1.165, 1.54) is 54.8 Å². The van der Waals surface area contributed by atoms with Crippen LogP contribution in [0.5, 0.6) is 0 Å². The highest BCUT2D eigenvalue weighted by atomic mass is 19.3. The van der Waals surface area contributed by atoms with Crippen LogP contribution in [-0.2, 0) is 54.4 Å². The Morgan fingerprint density at radius 1 is 0.475 bits per heavy atom. The Morgan fingerprint density at radius 3 is 1.07 bits per heavy atom. The maximum absolute atomic E-state index is 15.4. The standard InChI is InChI=1S/C21H24F4N4O3.2C21H23F3N4O2.C20H23F3N4O3/c1-12(2)29-10-14(9-26-29)27-18(31)13-4-5-16(22)15(8-13)21(24,25)19(32)28-7-6-17(30)20(3,23)11-28;2*1-12(28-15-4-5-16(28)9-17(29)8-15)21(23,24)18-7-13(3-6-19(18)22)20(30)26-14-10-25-27(2)11-14;1-3-19(30)6-8-27(9-7-19)18(29)20(22,23)15-10-13(4-5-16(15)21)17(28)25-14-11-24-26(2)12-14/h4-5,8-10,12,17,30H,6-7,11H2,1-3H3,(H,27,31);2*3,6-7,10-11,15-17,29H,1,4-5,8-9H2,2H3,(H,26,30);4-5,10-12,30H,3,6-9H2,1-2H3,(H,25,28)/t;2*15-,16+,17?;. The van der Waals surface area contributed by atoms with Gasteiger partial charge in [-0.2, -0.15) is 55.5 Å². The Morgan fingerprint density at radius 2 is 0.779 bits per heavy atom. The number of piperidine rings is 4. The number of halogens is 13. The first kappa shape index (κ1) is 91.3. The van der Waals surface area contributed by atoms with Crippen LogP contribution in [0.1, 0.15) is 174 Å². The van der Waals surface area contributed by atoms with Crippen LogP contribution in [-0.4, -0.2) is 195 Å². The molecule has 14 rings (SSSR count). The number of fused-ring (bicyclic) bond motifs is 4. The summed E-state index contributed by atoms with van der Waals surface area (Å²) in [6, 6.07) is 9.62. The third-order valence-corrected chi connectivity index (χ3v) is 22.6. The van der Waals surface area contributed by atoms with Gasteiger partial charge < -0.3 is 61.3 Å². The molecule has 6 aliphatic heterocycles. The number of likely N-dealkylation sites (tertiary alicyclic amines) is 2. The second-order valence-corrected chi connectivity index (χ2v) is 31.8. The first-order chi connectivity index (χ1) is 57.2. The van der Waals surface area contributed by atoms with Gasteiger partial charge in [0.25, 0.3) is 35.4 Å². The summed E-state index contributed by atoms with van der Waals surface area (Å²) in [7, 11) is 4.98. The number of anilines is 4. The lowest BCUT2D eigenvalue weighted by molar-refractivity contribution is -0.167. The zero-order chi connectivity index (χ0) is 89.2. The molecule has 0 radical (unpaired) electrons. The van der Waals surface area contributed by atoms with Gasteiger partial charge in [0.05, 0.1) is 112 Å². The van der Waals surface area contributed by atoms with Gasteiger partial charge in [-0.15, -0.1) is 0 Å². The lowest BCUT2D eigenvalue weighted by Crippen LogP contribution is -2.56. The first-order valence-electron chi connectivity index (χ1n) is 39.2. The van der Waals surface area contributed by atoms with Crippen LogP contribution < -0.4 is 21.3 Å². The van der Waals surface area contributed by atoms with Crippen molar-refractivity contribution in [1.82, 2.24) is 58.7 Å². The molecule has 10 heterocycles. The number of carbonyl (C=O) groups excluding carboxylic acids is 6. The van der Waals surface area contributed by atoms with E-state index in [0.29, 0.717) is 104 Å². The molecule has 8 atom stereocenters. The normalized spacial score (nSPS) is 21.3. The third kappa shape index (κ3) is 20.2. The Kier molecular flexibility index (Phi) is 27.2. The van der Waals surface area contributed by atoms with E-state index in [1.807, 2.05) is 13.8 Å². The summed E-state index contributed by atoms with van der Waals surface area (Å²) in [5.74, 6) is -27.0. The van der Waals surface area contributed by atoms with Crippen molar-refractivity contribution >= 4 is 58.2 Å². The molecule has 6 fully saturated rings. The van der Waals surface area contributed by atoms with Gasteiger partial charge in [0.15, 0.2) is 5.67 Å². The Hall–Kier alpha value is -11.5. The second-order valence-electron chi connectivity index (χ2n) is 31.8. The minimum Gasteiger partial charge on any atom is -0.393 e. The van der Waals surface area contributed by atoms with Gasteiger partial charge in [0.1, 0.15) is 23.3 Å². The van der Waals surface area contributed by atoms with Crippen molar-refractivity contribution in [3.8, 4) is 0 Å². The number of aryl methyl sites for hydroxylation is 3. The summed E-state index contributed by atoms with van der Waals surface area (Å²) in [5.41, 5.74) is -7.75. The number of rotatable bonds is 20. The fourth-order valence-corrected chi connectivity index (χ4v) is 15.8. The molecule has 656 valence electrons. The van der Waals surface area contributed by atoms with E-state index < -0.39 is 152 Å². The molecule has 4 unspecified atom stereocenters. The van der Waals surface area contributed by atoms with Crippen molar-refractivity contribution in [3.63, 3.8) is 0 Å². The van der Waals surface area contributed by atoms with Crippen LogP contribution in [0.4, 0.5) is 79.8 Å². The molecule has 0 saturated carbocycles. The SMILES string of the molecule is C=C(N1[C@@H]2CC[C@H]1CC(O)C2)C(F)(F)c1cc(C(=O)Nc2cnn(C)c2)ccc1F.C=C(N1[C@@H]2CC[C@H]1CC(O)C2)C(F)(F)c1cc(C(=O)Nc2cnn(C)c2)ccc1F.CC(C)n1cc(NC(=O)c2ccc(F)c(C(F)(F)C(=O)N3CCC(O)C(C)(F)C3)c2)cn1.CCC1(O)CCN(C(=O)C(F)(F)c2cc(C(=O)Nc3cnn(C)c3)ccc2F)CC1. The largest absolute Gasteiger partial charge is 0.393 e. The monoisotopic (exact) mass is 1720 g/mol. The molecule has 122 heavy (non-hydrogen) atoms. The van der Waals surface area contributed by atoms with Crippen molar-refractivity contribution in [2.24, 2.45) is 21.1 Å². The van der Waals surface area contributed by atoms with Crippen molar-refractivity contribution in [3.05, 3.63) is 215 Å². The number of aliphatic hydroxyl groups is 4. The first-order valence-corrected chi connectivity index (χ1v) is 39.2. The number of nitrogens with zero attached hydrogens (tertiary/aromatic N) is 12. The number of hydrogen-bond acceptors (Lipinski definition) is 16. The fourth-order valence-electron chi connectivity index (χ4n) is 15.8. The van der Waals surface area contributed by atoms with Crippen LogP contribution in [0.25, 0.3) is 0 Å². The van der Waals surface area contributed by atoms with E-state index in [-0.39, 0.29) is 91.4 Å². The van der Waals surface area contributed by atoms with E-state index in [0.717, 1.165) is 66.4 Å². The van der Waals surface area contributed by atoms with Crippen molar-refractivity contribution in [2.45, 2.75) is 188 Å². The molecule has 0 aliphatic carbocycles. The number of hydrogen-bond donors (Lipinski definition) is 8. The minimum absolute atomic E-state index is 0.0323. The fraction of sp³-hybridized carbons (Fsp3) is 0.446. The number of nitrogens with one attached hydrogen (secondary N) is 4. The minimum atomic E-state index is -4.35. The number of carbonyl (C=O) groups is 6. The van der Waals surface area contributed by atoms with E-state index in [9.17, 15) is 88.7 Å². The van der Waals surface area contributed by atoms with E-state index in [1.54, 1.807) is 51.3 Å². The van der Waals surface area contributed by atoms with E-state index in [4.69, 9.17) is 0 Å². The summed E-state index contributed by atoms with van der Waals surface area (Å²) >= 11 is 0. The maximum Gasteiger partial charge on any atom is 0.352 e. The lowest BCUT2D eigenvalue weighted by Gasteiger charge is -2.42. The topological polar surface area (TPSA) is 316 Å². The summed E-state index contributed by atoms with van der Waals surface area (Å²) in [5, 5.41) is 65.5. The maximum atomic E-state index is 15.4. The van der Waals surface area contributed by atoms with Crippen LogP contribution in [0, 0.1) is 23.3 Å². The molecule has 6 saturated heterocycles. The van der Waals surface area contributed by atoms with Crippen LogP contribution >= 0.6 is 0 Å². The highest BCUT2D eigenvalue weighted by Gasteiger charge is 2.54. The summed E-state index contributed by atoms with van der Waals surface area (Å²) in [6.45, 7) is 12.5. The number of benzene rings is 4. The van der Waals surface area contributed by atoms with Crippen molar-refractivity contribution in [1.29, 1.82) is 0 Å². The molecule has 4 aromatic carbocycles. The molecule has 8 aromatic rings. The zero-order valence-electron chi connectivity index (χ0n) is 67.4. The number of aromatic nitrogens is 8. The smallest absolute Gasteiger partial charge is 0.352 e. The van der Waals surface area contributed by atoms with Crippen molar-refractivity contribution < 1.29 is 106 Å². The predicted octanol–water partition coefficient (Wildman–Crippen LogP) is 12.7. The number of alkyl halides is 9. The Labute approximate surface area is 692 Å². The van der Waals surface area contributed by atoms with Gasteiger partial charge in [0.2, 0.25) is 0 Å². The van der Waals surface area contributed by atoms with Gasteiger partial charge in [-0.25, -0.2) is 22.0 Å². The summed E-state index contributed by atoms with van der Waals surface area (Å²) in [6.07, 6.45) is 14.2. The molecule has 6 aliphatic rings. The average Bonchev–Trinajstić information content (AvgIpc) is 1.53. The second kappa shape index (κ2) is 36.3. The Bertz CT molecular complexity index is 5030. The number of aliphatic hydroxyl groups excluding tert-OH is 3. The molecule has 4 bridgehead atoms. The molecular weight excluding hydrogens is 1630 g/mol. The van der Waals surface area contributed by atoms with Gasteiger partial charge in [-0.3, -0.25) is 47.5 Å². The van der Waals surface area contributed by atoms with Gasteiger partial charge >= 0.3 is 23.7 Å². The molecule has 26 nitrogen and oxygen atoms in total. The molecule has 0 spiro atoms. The summed E-state index contributed by atoms with van der Waals surface area (Å²) in [4.78, 5) is 79.2. The van der Waals surface area contributed by atoms with Gasteiger partial charge in [-0.1, -0.05) is 20.1 Å². The van der Waals surface area contributed by atoms with Gasteiger partial charge in [-0.05, 0) is 171 Å². The zero-order valence-corrected chi connectivity index (χ0v) is 67.4. The third-order valence-electron chi connectivity index (χ3n) is 22.6. The van der Waals surface area contributed by atoms with Gasteiger partial charge in [0, 0.05) is 118 Å². The number of amides is 6. The molecule has 39 heteroatoms. The van der Waals surface area contributed by atoms with Crippen LogP contribution in [0.3, 0.4) is 0 Å². The molecule has 8 N–H and O–H groups in total. The average molecular weight is 1720 g/mol. The van der Waals surface area contributed by atoms with Crippen LogP contribution in [0.15, 0.2) is 147 Å². The lowest BCUT2D eigenvalue weighted by atomic mass is 9.88. The predicted molar refractivity (Wildman–Crippen MR) is 419 cm³/mol. The highest BCUT2D eigenvalue weighted by molar-refractivity contribution is 6.06.